The molecule has 0 fully saturated rings. The van der Waals surface area contributed by atoms with Crippen LogP contribution in [0.15, 0.2) is 18.2 Å². The summed E-state index contributed by atoms with van der Waals surface area (Å²) >= 11 is 2.10. The molecule has 2 unspecified atom stereocenters. The summed E-state index contributed by atoms with van der Waals surface area (Å²) in [6.07, 6.45) is 1.83. The fourth-order valence-electron chi connectivity index (χ4n) is 2.57. The molecule has 2 N–H and O–H groups in total. The largest absolute Gasteiger partial charge is 0.481 e. The molecule has 1 aliphatic rings. The first-order valence-corrected chi connectivity index (χ1v) is 6.80. The van der Waals surface area contributed by atoms with E-state index < -0.39 is 21.3 Å². The van der Waals surface area contributed by atoms with E-state index in [2.05, 4.69) is 22.6 Å². The molecule has 0 aliphatic heterocycles. The minimum Gasteiger partial charge on any atom is -0.481 e. The van der Waals surface area contributed by atoms with E-state index in [9.17, 15) is 14.7 Å². The van der Waals surface area contributed by atoms with Crippen molar-refractivity contribution >= 4 is 46.2 Å². The van der Waals surface area contributed by atoms with Gasteiger partial charge in [0.2, 0.25) is 0 Å². The average molecular weight is 372 g/mol. The van der Waals surface area contributed by atoms with Crippen molar-refractivity contribution < 1.29 is 19.8 Å². The molecule has 0 heterocycles. The number of fused-ring (bicyclic) bond motifs is 1. The molecule has 0 amide bonds. The summed E-state index contributed by atoms with van der Waals surface area (Å²) in [5, 5.41) is 20.0. The Bertz CT molecular complexity index is 688. The molecule has 100 valence electrons. The average Bonchev–Trinajstić information content (AvgIpc) is 2.25. The van der Waals surface area contributed by atoms with Crippen molar-refractivity contribution in [1.29, 1.82) is 0 Å². The first kappa shape index (κ1) is 14.0. The van der Waals surface area contributed by atoms with Crippen molar-refractivity contribution in [2.75, 3.05) is 0 Å². The summed E-state index contributed by atoms with van der Waals surface area (Å²) < 4.78 is -0.572. The second kappa shape index (κ2) is 4.63. The van der Waals surface area contributed by atoms with Crippen LogP contribution in [-0.2, 0) is 4.79 Å². The maximum absolute atomic E-state index is 11.4. The van der Waals surface area contributed by atoms with Crippen molar-refractivity contribution in [3.05, 3.63) is 34.2 Å². The van der Waals surface area contributed by atoms with E-state index in [1.165, 1.54) is 6.07 Å². The van der Waals surface area contributed by atoms with Crippen LogP contribution >= 0.6 is 22.6 Å². The summed E-state index contributed by atoms with van der Waals surface area (Å²) in [4.78, 5) is 22.4. The number of aliphatic carboxylic acids is 1. The van der Waals surface area contributed by atoms with Gasteiger partial charge >= 0.3 is 11.9 Å². The van der Waals surface area contributed by atoms with E-state index in [4.69, 9.17) is 5.11 Å². The molecule has 0 bridgehead atoms. The summed E-state index contributed by atoms with van der Waals surface area (Å²) in [7, 11) is 0. The lowest BCUT2D eigenvalue weighted by Gasteiger charge is -2.30. The zero-order chi connectivity index (χ0) is 14.4. The van der Waals surface area contributed by atoms with Crippen LogP contribution in [0.3, 0.4) is 0 Å². The van der Waals surface area contributed by atoms with Crippen molar-refractivity contribution in [2.24, 2.45) is 5.92 Å². The van der Waals surface area contributed by atoms with Gasteiger partial charge in [0.25, 0.3) is 0 Å². The van der Waals surface area contributed by atoms with Gasteiger partial charge in [-0.3, -0.25) is 4.79 Å². The van der Waals surface area contributed by atoms with Crippen LogP contribution in [0.4, 0.5) is 0 Å². The standard InChI is InChI=1S/C14H13IO4/c1-7-10-4-3-8(12(16)17)5-9(10)6-14(2,15)11(7)13(18)19/h3-6,11H,1-2H3,(H,16,17)(H,18,19). The smallest absolute Gasteiger partial charge is 0.335 e. The Labute approximate surface area is 123 Å². The SMILES string of the molecule is CC1=c2ccc(C(=O)O)cc2=CC(C)(I)C1C(=O)O. The van der Waals surface area contributed by atoms with Gasteiger partial charge in [0.1, 0.15) is 0 Å². The third-order valence-corrected chi connectivity index (χ3v) is 4.34. The number of hydrogen-bond acceptors (Lipinski definition) is 2. The highest BCUT2D eigenvalue weighted by atomic mass is 127. The highest BCUT2D eigenvalue weighted by Gasteiger charge is 2.38. The second-order valence-electron chi connectivity index (χ2n) is 4.86. The molecule has 5 heteroatoms. The van der Waals surface area contributed by atoms with E-state index in [1.54, 1.807) is 19.1 Å². The third-order valence-electron chi connectivity index (χ3n) is 3.41. The fourth-order valence-corrected chi connectivity index (χ4v) is 3.64. The van der Waals surface area contributed by atoms with E-state index >= 15 is 0 Å². The number of rotatable bonds is 2. The molecule has 2 atom stereocenters. The molecule has 1 aromatic carbocycles. The number of alkyl halides is 1. The van der Waals surface area contributed by atoms with Gasteiger partial charge in [0.15, 0.2) is 0 Å². The predicted octanol–water partition coefficient (Wildman–Crippen LogP) is 1.24. The minimum absolute atomic E-state index is 0.212. The molecule has 0 radical (unpaired) electrons. The summed E-state index contributed by atoms with van der Waals surface area (Å²) in [5.41, 5.74) is 0.975. The molecule has 2 rings (SSSR count). The van der Waals surface area contributed by atoms with Gasteiger partial charge < -0.3 is 10.2 Å². The lowest BCUT2D eigenvalue weighted by molar-refractivity contribution is -0.139. The van der Waals surface area contributed by atoms with Gasteiger partial charge in [-0.25, -0.2) is 4.79 Å². The number of aromatic carboxylic acids is 1. The van der Waals surface area contributed by atoms with Crippen molar-refractivity contribution in [2.45, 2.75) is 17.3 Å². The van der Waals surface area contributed by atoms with Gasteiger partial charge in [-0.05, 0) is 42.0 Å². The third kappa shape index (κ3) is 2.39. The van der Waals surface area contributed by atoms with E-state index in [0.717, 1.165) is 16.0 Å². The Hall–Kier alpha value is -1.37. The van der Waals surface area contributed by atoms with Gasteiger partial charge in [-0.15, -0.1) is 0 Å². The van der Waals surface area contributed by atoms with Crippen LogP contribution in [0, 0.1) is 5.92 Å². The van der Waals surface area contributed by atoms with Gasteiger partial charge in [0.05, 0.1) is 14.9 Å². The summed E-state index contributed by atoms with van der Waals surface area (Å²) in [6.45, 7) is 3.63. The first-order chi connectivity index (χ1) is 8.74. The summed E-state index contributed by atoms with van der Waals surface area (Å²) in [5.74, 6) is -2.45. The van der Waals surface area contributed by atoms with E-state index in [0.29, 0.717) is 0 Å². The van der Waals surface area contributed by atoms with Gasteiger partial charge in [-0.2, -0.15) is 0 Å². The second-order valence-corrected chi connectivity index (χ2v) is 7.18. The van der Waals surface area contributed by atoms with Crippen LogP contribution in [0.2, 0.25) is 0 Å². The van der Waals surface area contributed by atoms with Crippen molar-refractivity contribution in [3.63, 3.8) is 0 Å². The zero-order valence-corrected chi connectivity index (χ0v) is 12.6. The van der Waals surface area contributed by atoms with Crippen LogP contribution in [0.1, 0.15) is 24.2 Å². The molecule has 0 spiro atoms. The Kier molecular flexibility index (Phi) is 3.42. The maximum Gasteiger partial charge on any atom is 0.335 e. The molecule has 1 aliphatic carbocycles. The van der Waals surface area contributed by atoms with Gasteiger partial charge in [-0.1, -0.05) is 34.7 Å². The molecule has 0 aromatic heterocycles. The summed E-state index contributed by atoms with van der Waals surface area (Å²) in [6, 6.07) is 4.79. The Morgan fingerprint density at radius 2 is 1.95 bits per heavy atom. The Balaban J connectivity index is 2.80. The van der Waals surface area contributed by atoms with Crippen LogP contribution in [0.25, 0.3) is 11.6 Å². The molecule has 0 saturated carbocycles. The normalized spacial score (nSPS) is 25.4. The first-order valence-electron chi connectivity index (χ1n) is 5.73. The lowest BCUT2D eigenvalue weighted by Crippen LogP contribution is -2.45. The molecule has 4 nitrogen and oxygen atoms in total. The maximum atomic E-state index is 11.4. The molecule has 19 heavy (non-hydrogen) atoms. The van der Waals surface area contributed by atoms with Gasteiger partial charge in [0, 0.05) is 0 Å². The molecule has 1 aromatic rings. The zero-order valence-electron chi connectivity index (χ0n) is 10.5. The number of halogens is 1. The Morgan fingerprint density at radius 1 is 1.32 bits per heavy atom. The number of carbonyl (C=O) groups is 2. The molecule has 0 saturated heterocycles. The topological polar surface area (TPSA) is 74.6 Å². The highest BCUT2D eigenvalue weighted by molar-refractivity contribution is 14.1. The number of carboxylic acids is 2. The number of benzene rings is 1. The highest BCUT2D eigenvalue weighted by Crippen LogP contribution is 2.36. The molecular weight excluding hydrogens is 359 g/mol. The monoisotopic (exact) mass is 372 g/mol. The van der Waals surface area contributed by atoms with Crippen molar-refractivity contribution in [3.8, 4) is 0 Å². The van der Waals surface area contributed by atoms with Crippen LogP contribution in [0.5, 0.6) is 0 Å². The van der Waals surface area contributed by atoms with E-state index in [1.807, 2.05) is 13.0 Å². The predicted molar refractivity (Wildman–Crippen MR) is 79.7 cm³/mol. The number of carboxylic acid groups (broad SMARTS) is 2. The molecular formula is C14H13IO4. The quantitative estimate of drug-likeness (QED) is 0.605. The van der Waals surface area contributed by atoms with Crippen molar-refractivity contribution in [1.82, 2.24) is 0 Å². The van der Waals surface area contributed by atoms with E-state index in [-0.39, 0.29) is 5.56 Å². The number of hydrogen-bond donors (Lipinski definition) is 2. The lowest BCUT2D eigenvalue weighted by atomic mass is 9.82. The van der Waals surface area contributed by atoms with Crippen LogP contribution in [-0.4, -0.2) is 25.6 Å². The minimum atomic E-state index is -0.982. The Morgan fingerprint density at radius 3 is 2.47 bits per heavy atom. The van der Waals surface area contributed by atoms with Crippen LogP contribution < -0.4 is 10.4 Å². The fraction of sp³-hybridized carbons (Fsp3) is 0.286.